The van der Waals surface area contributed by atoms with Crippen molar-refractivity contribution in [2.75, 3.05) is 11.9 Å². The maximum Gasteiger partial charge on any atom is 0.133 e. The van der Waals surface area contributed by atoms with E-state index in [-0.39, 0.29) is 0 Å². The van der Waals surface area contributed by atoms with Crippen molar-refractivity contribution in [3.05, 3.63) is 77.0 Å². The molecular formula is C21H23N3. The molecule has 1 N–H and O–H groups in total. The summed E-state index contributed by atoms with van der Waals surface area (Å²) in [7, 11) is 0. The number of nitrogens with zero attached hydrogens (tertiary/aromatic N) is 2. The Morgan fingerprint density at radius 2 is 1.79 bits per heavy atom. The van der Waals surface area contributed by atoms with Crippen molar-refractivity contribution >= 4 is 5.82 Å². The van der Waals surface area contributed by atoms with Crippen LogP contribution in [0.3, 0.4) is 0 Å². The minimum absolute atomic E-state index is 0.893. The third-order valence-corrected chi connectivity index (χ3v) is 4.71. The van der Waals surface area contributed by atoms with E-state index in [9.17, 15) is 0 Å². The fourth-order valence-electron chi connectivity index (χ4n) is 3.38. The Morgan fingerprint density at radius 3 is 2.58 bits per heavy atom. The standard InChI is InChI=1S/C21H23N3/c1-16-10-12-18(13-11-16)24-21-19(9-5-6-14-22-21)20(23-24)15-17-7-3-2-4-8-17/h2-4,7-8,10-13,22H,5-6,9,14-15H2,1H3. The molecule has 0 unspecified atom stereocenters. The van der Waals surface area contributed by atoms with E-state index in [0.29, 0.717) is 0 Å². The number of benzene rings is 2. The summed E-state index contributed by atoms with van der Waals surface area (Å²) in [5, 5.41) is 8.60. The number of aryl methyl sites for hydroxylation is 1. The summed E-state index contributed by atoms with van der Waals surface area (Å²) >= 11 is 0. The third-order valence-electron chi connectivity index (χ3n) is 4.71. The maximum absolute atomic E-state index is 4.98. The molecule has 1 aliphatic rings. The van der Waals surface area contributed by atoms with Crippen LogP contribution in [-0.2, 0) is 12.8 Å². The summed E-state index contributed by atoms with van der Waals surface area (Å²) in [6, 6.07) is 19.2. The van der Waals surface area contributed by atoms with Gasteiger partial charge in [0, 0.05) is 18.5 Å². The molecule has 1 aromatic heterocycles. The molecule has 0 amide bonds. The van der Waals surface area contributed by atoms with Crippen molar-refractivity contribution in [1.82, 2.24) is 9.78 Å². The van der Waals surface area contributed by atoms with Crippen molar-refractivity contribution < 1.29 is 0 Å². The van der Waals surface area contributed by atoms with Gasteiger partial charge in [-0.15, -0.1) is 0 Å². The fraction of sp³-hybridized carbons (Fsp3) is 0.286. The molecule has 0 radical (unpaired) electrons. The number of fused-ring (bicyclic) bond motifs is 1. The van der Waals surface area contributed by atoms with E-state index < -0.39 is 0 Å². The molecule has 0 bridgehead atoms. The second-order valence-electron chi connectivity index (χ2n) is 6.57. The Kier molecular flexibility index (Phi) is 4.08. The maximum atomic E-state index is 4.98. The van der Waals surface area contributed by atoms with E-state index in [2.05, 4.69) is 71.5 Å². The largest absolute Gasteiger partial charge is 0.370 e. The molecule has 3 nitrogen and oxygen atoms in total. The Hall–Kier alpha value is -2.55. The molecule has 0 fully saturated rings. The smallest absolute Gasteiger partial charge is 0.133 e. The van der Waals surface area contributed by atoms with Gasteiger partial charge >= 0.3 is 0 Å². The van der Waals surface area contributed by atoms with Gasteiger partial charge in [-0.05, 0) is 43.9 Å². The molecule has 24 heavy (non-hydrogen) atoms. The minimum Gasteiger partial charge on any atom is -0.370 e. The SMILES string of the molecule is Cc1ccc(-n2nc(Cc3ccccc3)c3c2NCCCC3)cc1. The van der Waals surface area contributed by atoms with Crippen molar-refractivity contribution in [3.63, 3.8) is 0 Å². The Balaban J connectivity index is 1.78. The average Bonchev–Trinajstić information content (AvgIpc) is 2.79. The number of hydrogen-bond acceptors (Lipinski definition) is 2. The Morgan fingerprint density at radius 1 is 1.00 bits per heavy atom. The van der Waals surface area contributed by atoms with Crippen molar-refractivity contribution in [2.24, 2.45) is 0 Å². The number of rotatable bonds is 3. The zero-order valence-corrected chi connectivity index (χ0v) is 14.1. The average molecular weight is 317 g/mol. The second kappa shape index (κ2) is 6.52. The topological polar surface area (TPSA) is 29.9 Å². The third kappa shape index (κ3) is 2.94. The highest BCUT2D eigenvalue weighted by Gasteiger charge is 2.20. The second-order valence-corrected chi connectivity index (χ2v) is 6.57. The summed E-state index contributed by atoms with van der Waals surface area (Å²) in [5.74, 6) is 1.18. The number of hydrogen-bond donors (Lipinski definition) is 1. The summed E-state index contributed by atoms with van der Waals surface area (Å²) in [5.41, 5.74) is 6.31. The molecule has 122 valence electrons. The van der Waals surface area contributed by atoms with Crippen LogP contribution in [0.2, 0.25) is 0 Å². The molecule has 0 saturated heterocycles. The van der Waals surface area contributed by atoms with Crippen LogP contribution in [-0.4, -0.2) is 16.3 Å². The Labute approximate surface area is 143 Å². The molecule has 0 aliphatic carbocycles. The molecule has 0 atom stereocenters. The highest BCUT2D eigenvalue weighted by atomic mass is 15.3. The number of anilines is 1. The first-order chi connectivity index (χ1) is 11.8. The normalized spacial score (nSPS) is 13.9. The van der Waals surface area contributed by atoms with E-state index in [1.807, 2.05) is 0 Å². The fourth-order valence-corrected chi connectivity index (χ4v) is 3.38. The monoisotopic (exact) mass is 317 g/mol. The van der Waals surface area contributed by atoms with E-state index in [1.165, 1.54) is 41.0 Å². The van der Waals surface area contributed by atoms with Crippen LogP contribution in [0, 0.1) is 6.92 Å². The molecule has 2 aromatic carbocycles. The number of nitrogens with one attached hydrogen (secondary N) is 1. The van der Waals surface area contributed by atoms with E-state index in [1.54, 1.807) is 0 Å². The first kappa shape index (κ1) is 15.0. The van der Waals surface area contributed by atoms with Crippen LogP contribution < -0.4 is 5.32 Å². The molecule has 3 heteroatoms. The first-order valence-electron chi connectivity index (χ1n) is 8.77. The van der Waals surface area contributed by atoms with Gasteiger partial charge < -0.3 is 5.32 Å². The van der Waals surface area contributed by atoms with Gasteiger partial charge in [0.1, 0.15) is 5.82 Å². The molecule has 4 rings (SSSR count). The van der Waals surface area contributed by atoms with Gasteiger partial charge in [-0.1, -0.05) is 48.0 Å². The highest BCUT2D eigenvalue weighted by Crippen LogP contribution is 2.29. The van der Waals surface area contributed by atoms with Gasteiger partial charge in [0.15, 0.2) is 0 Å². The molecule has 3 aromatic rings. The predicted octanol–water partition coefficient (Wildman–Crippen LogP) is 4.52. The minimum atomic E-state index is 0.893. The van der Waals surface area contributed by atoms with Crippen LogP contribution in [0.5, 0.6) is 0 Å². The van der Waals surface area contributed by atoms with Crippen LogP contribution in [0.15, 0.2) is 54.6 Å². The van der Waals surface area contributed by atoms with Gasteiger partial charge in [-0.25, -0.2) is 4.68 Å². The summed E-state index contributed by atoms with van der Waals surface area (Å²) in [6.07, 6.45) is 4.44. The lowest BCUT2D eigenvalue weighted by Gasteiger charge is -2.09. The molecular weight excluding hydrogens is 294 g/mol. The predicted molar refractivity (Wildman–Crippen MR) is 99.0 cm³/mol. The lowest BCUT2D eigenvalue weighted by atomic mass is 10.0. The summed E-state index contributed by atoms with van der Waals surface area (Å²) in [6.45, 7) is 3.14. The van der Waals surface area contributed by atoms with Crippen molar-refractivity contribution in [3.8, 4) is 5.69 Å². The lowest BCUT2D eigenvalue weighted by molar-refractivity contribution is 0.767. The summed E-state index contributed by atoms with van der Waals surface area (Å²) < 4.78 is 2.10. The Bertz CT molecular complexity index is 816. The first-order valence-corrected chi connectivity index (χ1v) is 8.77. The summed E-state index contributed by atoms with van der Waals surface area (Å²) in [4.78, 5) is 0. The highest BCUT2D eigenvalue weighted by molar-refractivity contribution is 5.55. The zero-order valence-electron chi connectivity index (χ0n) is 14.1. The number of aromatic nitrogens is 2. The van der Waals surface area contributed by atoms with Gasteiger partial charge in [0.2, 0.25) is 0 Å². The van der Waals surface area contributed by atoms with E-state index in [4.69, 9.17) is 5.10 Å². The zero-order chi connectivity index (χ0) is 16.4. The van der Waals surface area contributed by atoms with Crippen molar-refractivity contribution in [2.45, 2.75) is 32.6 Å². The van der Waals surface area contributed by atoms with Crippen LogP contribution in [0.25, 0.3) is 5.69 Å². The van der Waals surface area contributed by atoms with Gasteiger partial charge in [0.05, 0.1) is 11.4 Å². The lowest BCUT2D eigenvalue weighted by Crippen LogP contribution is -2.07. The van der Waals surface area contributed by atoms with Gasteiger partial charge in [0.25, 0.3) is 0 Å². The molecule has 0 spiro atoms. The van der Waals surface area contributed by atoms with Crippen LogP contribution in [0.1, 0.15) is 35.2 Å². The van der Waals surface area contributed by atoms with E-state index in [0.717, 1.165) is 25.1 Å². The van der Waals surface area contributed by atoms with Crippen molar-refractivity contribution in [1.29, 1.82) is 0 Å². The quantitative estimate of drug-likeness (QED) is 0.769. The van der Waals surface area contributed by atoms with Crippen LogP contribution in [0.4, 0.5) is 5.82 Å². The molecule has 1 aliphatic heterocycles. The molecule has 2 heterocycles. The van der Waals surface area contributed by atoms with E-state index >= 15 is 0 Å². The van der Waals surface area contributed by atoms with Crippen LogP contribution >= 0.6 is 0 Å². The molecule has 0 saturated carbocycles. The van der Waals surface area contributed by atoms with Gasteiger partial charge in [-0.3, -0.25) is 0 Å². The van der Waals surface area contributed by atoms with Gasteiger partial charge in [-0.2, -0.15) is 5.10 Å².